The summed E-state index contributed by atoms with van der Waals surface area (Å²) in [7, 11) is 0. The Labute approximate surface area is 93.8 Å². The van der Waals surface area contributed by atoms with Gasteiger partial charge in [0.2, 0.25) is 0 Å². The molecule has 0 amide bonds. The molecule has 0 aromatic carbocycles. The van der Waals surface area contributed by atoms with Crippen LogP contribution in [0.25, 0.3) is 0 Å². The molecular weight excluding hydrogens is 180 g/mol. The van der Waals surface area contributed by atoms with Gasteiger partial charge in [-0.25, -0.2) is 0 Å². The van der Waals surface area contributed by atoms with Gasteiger partial charge in [0.1, 0.15) is 0 Å². The molecule has 0 aromatic rings. The Morgan fingerprint density at radius 3 is 1.67 bits per heavy atom. The van der Waals surface area contributed by atoms with Crippen molar-refractivity contribution in [3.8, 4) is 0 Å². The third kappa shape index (κ3) is 1.04. The summed E-state index contributed by atoms with van der Waals surface area (Å²) in [6.07, 6.45) is 8.00. The molecule has 6 bridgehead atoms. The van der Waals surface area contributed by atoms with E-state index in [0.717, 1.165) is 41.4 Å². The van der Waals surface area contributed by atoms with E-state index >= 15 is 0 Å². The van der Waals surface area contributed by atoms with Gasteiger partial charge in [-0.15, -0.1) is 0 Å². The summed E-state index contributed by atoms with van der Waals surface area (Å²) in [4.78, 5) is 0. The SMILES string of the molecule is CC1CC2C3CC4CC(C3C)[C@@H](C1)C2C4. The molecule has 5 rings (SSSR count). The molecule has 5 saturated carbocycles. The lowest BCUT2D eigenvalue weighted by Gasteiger charge is -2.64. The molecule has 0 heteroatoms. The number of rotatable bonds is 0. The first kappa shape index (κ1) is 9.07. The van der Waals surface area contributed by atoms with Gasteiger partial charge in [-0.3, -0.25) is 0 Å². The largest absolute Gasteiger partial charge is 0.0625 e. The van der Waals surface area contributed by atoms with Gasteiger partial charge in [0, 0.05) is 0 Å². The zero-order chi connectivity index (χ0) is 10.2. The summed E-state index contributed by atoms with van der Waals surface area (Å²) in [5, 5.41) is 0. The van der Waals surface area contributed by atoms with Crippen molar-refractivity contribution in [2.45, 2.75) is 46.0 Å². The quantitative estimate of drug-likeness (QED) is 0.560. The van der Waals surface area contributed by atoms with Gasteiger partial charge >= 0.3 is 0 Å². The highest BCUT2D eigenvalue weighted by Crippen LogP contribution is 2.65. The van der Waals surface area contributed by atoms with Gasteiger partial charge < -0.3 is 0 Å². The third-order valence-electron chi connectivity index (χ3n) is 6.72. The van der Waals surface area contributed by atoms with Crippen LogP contribution in [0.1, 0.15) is 46.0 Å². The van der Waals surface area contributed by atoms with E-state index in [1.807, 2.05) is 0 Å². The van der Waals surface area contributed by atoms with Crippen LogP contribution in [0.5, 0.6) is 0 Å². The van der Waals surface area contributed by atoms with E-state index in [1.165, 1.54) is 5.92 Å². The van der Waals surface area contributed by atoms with Crippen LogP contribution in [0, 0.1) is 47.3 Å². The number of hydrogen-bond acceptors (Lipinski definition) is 0. The van der Waals surface area contributed by atoms with E-state index in [-0.39, 0.29) is 0 Å². The van der Waals surface area contributed by atoms with E-state index in [2.05, 4.69) is 13.8 Å². The third-order valence-corrected chi connectivity index (χ3v) is 6.72. The predicted octanol–water partition coefficient (Wildman–Crippen LogP) is 3.96. The molecular formula is C15H24. The molecule has 5 fully saturated rings. The normalized spacial score (nSPS) is 66.0. The number of hydrogen-bond donors (Lipinski definition) is 0. The maximum absolute atomic E-state index is 2.59. The molecule has 7 unspecified atom stereocenters. The molecule has 5 aliphatic carbocycles. The monoisotopic (exact) mass is 204 g/mol. The lowest BCUT2D eigenvalue weighted by Crippen LogP contribution is -2.57. The molecule has 15 heavy (non-hydrogen) atoms. The fourth-order valence-electron chi connectivity index (χ4n) is 6.35. The summed E-state index contributed by atoms with van der Waals surface area (Å²) in [5.74, 6) is 9.06. The van der Waals surface area contributed by atoms with Crippen molar-refractivity contribution in [2.75, 3.05) is 0 Å². The maximum atomic E-state index is 2.59. The molecule has 84 valence electrons. The van der Waals surface area contributed by atoms with Crippen LogP contribution in [-0.4, -0.2) is 0 Å². The second-order valence-electron chi connectivity index (χ2n) is 7.33. The molecule has 0 saturated heterocycles. The Kier molecular flexibility index (Phi) is 1.70. The van der Waals surface area contributed by atoms with Crippen LogP contribution in [0.3, 0.4) is 0 Å². The molecule has 0 radical (unpaired) electrons. The van der Waals surface area contributed by atoms with Crippen molar-refractivity contribution >= 4 is 0 Å². The average molecular weight is 204 g/mol. The van der Waals surface area contributed by atoms with Gasteiger partial charge in [0.05, 0.1) is 0 Å². The minimum absolute atomic E-state index is 1.04. The van der Waals surface area contributed by atoms with Crippen molar-refractivity contribution in [3.05, 3.63) is 0 Å². The minimum atomic E-state index is 1.04. The van der Waals surface area contributed by atoms with E-state index in [1.54, 1.807) is 32.1 Å². The molecule has 0 aliphatic heterocycles. The summed E-state index contributed by atoms with van der Waals surface area (Å²) in [6.45, 7) is 5.10. The Morgan fingerprint density at radius 2 is 1.07 bits per heavy atom. The highest BCUT2D eigenvalue weighted by atomic mass is 14.6. The van der Waals surface area contributed by atoms with E-state index in [9.17, 15) is 0 Å². The van der Waals surface area contributed by atoms with Gasteiger partial charge in [-0.1, -0.05) is 13.8 Å². The van der Waals surface area contributed by atoms with Crippen LogP contribution in [0.4, 0.5) is 0 Å². The second kappa shape index (κ2) is 2.81. The van der Waals surface area contributed by atoms with Gasteiger partial charge in [0.25, 0.3) is 0 Å². The van der Waals surface area contributed by atoms with Crippen molar-refractivity contribution in [1.82, 2.24) is 0 Å². The second-order valence-corrected chi connectivity index (χ2v) is 7.33. The van der Waals surface area contributed by atoms with Crippen LogP contribution in [0.2, 0.25) is 0 Å². The first-order valence-electron chi connectivity index (χ1n) is 7.24. The summed E-state index contributed by atoms with van der Waals surface area (Å²) >= 11 is 0. The maximum Gasteiger partial charge on any atom is -0.0349 e. The van der Waals surface area contributed by atoms with E-state index in [0.29, 0.717) is 0 Å². The first-order valence-corrected chi connectivity index (χ1v) is 7.24. The molecule has 0 nitrogen and oxygen atoms in total. The van der Waals surface area contributed by atoms with Crippen molar-refractivity contribution in [2.24, 2.45) is 47.3 Å². The topological polar surface area (TPSA) is 0 Å². The molecule has 8 atom stereocenters. The summed E-state index contributed by atoms with van der Waals surface area (Å²) in [5.41, 5.74) is 0. The molecule has 0 N–H and O–H groups in total. The lowest BCUT2D eigenvalue weighted by molar-refractivity contribution is -0.155. The zero-order valence-corrected chi connectivity index (χ0v) is 10.2. The smallest absolute Gasteiger partial charge is 0.0349 e. The van der Waals surface area contributed by atoms with Crippen molar-refractivity contribution in [1.29, 1.82) is 0 Å². The molecule has 0 heterocycles. The molecule has 0 aromatic heterocycles. The summed E-state index contributed by atoms with van der Waals surface area (Å²) < 4.78 is 0. The Bertz CT molecular complexity index is 244. The van der Waals surface area contributed by atoms with Crippen LogP contribution >= 0.6 is 0 Å². The fraction of sp³-hybridized carbons (Fsp3) is 1.00. The Balaban J connectivity index is 1.76. The fourth-order valence-corrected chi connectivity index (χ4v) is 6.35. The zero-order valence-electron chi connectivity index (χ0n) is 10.2. The van der Waals surface area contributed by atoms with Gasteiger partial charge in [-0.05, 0) is 79.4 Å². The highest BCUT2D eigenvalue weighted by Gasteiger charge is 2.58. The highest BCUT2D eigenvalue weighted by molar-refractivity contribution is 5.07. The average Bonchev–Trinajstić information content (AvgIpc) is 2.23. The Hall–Kier alpha value is 0. The molecule has 5 aliphatic rings. The van der Waals surface area contributed by atoms with Crippen LogP contribution < -0.4 is 0 Å². The van der Waals surface area contributed by atoms with Crippen LogP contribution in [0.15, 0.2) is 0 Å². The lowest BCUT2D eigenvalue weighted by atomic mass is 9.41. The minimum Gasteiger partial charge on any atom is -0.0625 e. The van der Waals surface area contributed by atoms with E-state index < -0.39 is 0 Å². The predicted molar refractivity (Wildman–Crippen MR) is 62.4 cm³/mol. The van der Waals surface area contributed by atoms with E-state index in [4.69, 9.17) is 0 Å². The van der Waals surface area contributed by atoms with Crippen molar-refractivity contribution < 1.29 is 0 Å². The summed E-state index contributed by atoms with van der Waals surface area (Å²) in [6, 6.07) is 0. The molecule has 0 spiro atoms. The Morgan fingerprint density at radius 1 is 0.600 bits per heavy atom. The van der Waals surface area contributed by atoms with Crippen LogP contribution in [-0.2, 0) is 0 Å². The standard InChI is InChI=1S/C15H24/c1-8-3-13-11-5-10-6-12(9(11)2)14(4-8)15(13)7-10/h8-15H,3-7H2,1-2H3/t8?,9?,10?,11?,12?,13-,14?,15?/m1/s1. The van der Waals surface area contributed by atoms with Crippen molar-refractivity contribution in [3.63, 3.8) is 0 Å². The van der Waals surface area contributed by atoms with Gasteiger partial charge in [-0.2, -0.15) is 0 Å². The first-order chi connectivity index (χ1) is 7.24. The van der Waals surface area contributed by atoms with Gasteiger partial charge in [0.15, 0.2) is 0 Å².